The molecule has 3 unspecified atom stereocenters. The number of benzene rings is 1. The Bertz CT molecular complexity index is 614. The van der Waals surface area contributed by atoms with Crippen LogP contribution < -0.4 is 10.6 Å². The molecule has 3 rings (SSSR count). The maximum atomic E-state index is 10.5. The van der Waals surface area contributed by atoms with Crippen LogP contribution in [-0.4, -0.2) is 54.4 Å². The molecule has 5 nitrogen and oxygen atoms in total. The monoisotopic (exact) mass is 391 g/mol. The minimum atomic E-state index is -0.647. The van der Waals surface area contributed by atoms with Crippen LogP contribution >= 0.6 is 11.8 Å². The van der Waals surface area contributed by atoms with Gasteiger partial charge in [0.25, 0.3) is 0 Å². The van der Waals surface area contributed by atoms with Crippen molar-refractivity contribution >= 4 is 17.7 Å². The average molecular weight is 392 g/mol. The van der Waals surface area contributed by atoms with Crippen molar-refractivity contribution in [3.63, 3.8) is 0 Å². The number of rotatable bonds is 6. The third kappa shape index (κ3) is 5.87. The standard InChI is InChI=1S/C21H33N3O2S/c1-3-22-20(24-14-21(25)10-12-27-15-21)23-13-18-5-4-11-26-19(18)17-8-6-16(2)7-9-17/h6-9,18-19,25H,3-5,10-15H2,1-2H3,(H2,22,23,24). The lowest BCUT2D eigenvalue weighted by atomic mass is 9.89. The maximum Gasteiger partial charge on any atom is 0.191 e. The van der Waals surface area contributed by atoms with Gasteiger partial charge >= 0.3 is 0 Å². The summed E-state index contributed by atoms with van der Waals surface area (Å²) in [5, 5.41) is 17.3. The van der Waals surface area contributed by atoms with Crippen molar-refractivity contribution < 1.29 is 9.84 Å². The molecule has 3 N–H and O–H groups in total. The lowest BCUT2D eigenvalue weighted by Crippen LogP contribution is -2.43. The van der Waals surface area contributed by atoms with Crippen molar-refractivity contribution in [2.45, 2.75) is 44.8 Å². The molecule has 2 fully saturated rings. The zero-order valence-electron chi connectivity index (χ0n) is 16.5. The van der Waals surface area contributed by atoms with E-state index in [0.717, 1.165) is 56.4 Å². The SMILES string of the molecule is CCNC(=NCC1(O)CCSC1)NCC1CCCOC1c1ccc(C)cc1. The molecular formula is C21H33N3O2S. The van der Waals surface area contributed by atoms with E-state index in [1.54, 1.807) is 11.8 Å². The van der Waals surface area contributed by atoms with Crippen LogP contribution in [0.4, 0.5) is 0 Å². The van der Waals surface area contributed by atoms with E-state index < -0.39 is 5.60 Å². The molecule has 27 heavy (non-hydrogen) atoms. The molecule has 0 aliphatic carbocycles. The van der Waals surface area contributed by atoms with Crippen molar-refractivity contribution in [2.75, 3.05) is 37.7 Å². The average Bonchev–Trinajstić information content (AvgIpc) is 3.12. The summed E-state index contributed by atoms with van der Waals surface area (Å²) < 4.78 is 6.12. The maximum absolute atomic E-state index is 10.5. The van der Waals surface area contributed by atoms with Crippen LogP contribution in [0.1, 0.15) is 43.4 Å². The summed E-state index contributed by atoms with van der Waals surface area (Å²) in [5.41, 5.74) is 1.88. The molecule has 2 aliphatic rings. The van der Waals surface area contributed by atoms with Crippen molar-refractivity contribution in [1.82, 2.24) is 10.6 Å². The fraction of sp³-hybridized carbons (Fsp3) is 0.667. The molecule has 0 radical (unpaired) electrons. The number of aliphatic hydroxyl groups is 1. The number of hydrogen-bond acceptors (Lipinski definition) is 4. The summed E-state index contributed by atoms with van der Waals surface area (Å²) in [6, 6.07) is 8.68. The molecule has 2 saturated heterocycles. The first-order valence-corrected chi connectivity index (χ1v) is 11.3. The quantitative estimate of drug-likeness (QED) is 0.514. The fourth-order valence-electron chi connectivity index (χ4n) is 3.69. The van der Waals surface area contributed by atoms with Gasteiger partial charge in [0.15, 0.2) is 5.96 Å². The second kappa shape index (κ2) is 9.80. The molecule has 2 aliphatic heterocycles. The molecule has 0 bridgehead atoms. The second-order valence-corrected chi connectivity index (χ2v) is 8.81. The van der Waals surface area contributed by atoms with Gasteiger partial charge in [-0.25, -0.2) is 0 Å². The zero-order valence-corrected chi connectivity index (χ0v) is 17.4. The number of aryl methyl sites for hydroxylation is 1. The van der Waals surface area contributed by atoms with E-state index in [0.29, 0.717) is 12.5 Å². The van der Waals surface area contributed by atoms with Gasteiger partial charge in [-0.05, 0) is 44.4 Å². The molecule has 150 valence electrons. The van der Waals surface area contributed by atoms with E-state index >= 15 is 0 Å². The molecule has 0 aromatic heterocycles. The van der Waals surface area contributed by atoms with Gasteiger partial charge in [0, 0.05) is 31.4 Å². The summed E-state index contributed by atoms with van der Waals surface area (Å²) in [6.45, 7) is 7.08. The lowest BCUT2D eigenvalue weighted by Gasteiger charge is -2.33. The van der Waals surface area contributed by atoms with Gasteiger partial charge in [-0.1, -0.05) is 29.8 Å². The van der Waals surface area contributed by atoms with Gasteiger partial charge in [0.2, 0.25) is 0 Å². The summed E-state index contributed by atoms with van der Waals surface area (Å²) >= 11 is 1.80. The summed E-state index contributed by atoms with van der Waals surface area (Å²) in [4.78, 5) is 4.65. The lowest BCUT2D eigenvalue weighted by molar-refractivity contribution is -0.0265. The topological polar surface area (TPSA) is 65.9 Å². The van der Waals surface area contributed by atoms with E-state index in [-0.39, 0.29) is 6.10 Å². The molecule has 0 amide bonds. The molecule has 1 aromatic rings. The Morgan fingerprint density at radius 2 is 2.15 bits per heavy atom. The largest absolute Gasteiger partial charge is 0.387 e. The molecule has 2 heterocycles. The van der Waals surface area contributed by atoms with Gasteiger partial charge in [0.1, 0.15) is 0 Å². The van der Waals surface area contributed by atoms with E-state index in [9.17, 15) is 5.11 Å². The highest BCUT2D eigenvalue weighted by molar-refractivity contribution is 7.99. The second-order valence-electron chi connectivity index (χ2n) is 7.71. The van der Waals surface area contributed by atoms with E-state index in [1.807, 2.05) is 0 Å². The third-order valence-electron chi connectivity index (χ3n) is 5.34. The van der Waals surface area contributed by atoms with Crippen LogP contribution in [0, 0.1) is 12.8 Å². The Hall–Kier alpha value is -1.24. The van der Waals surface area contributed by atoms with Crippen LogP contribution in [-0.2, 0) is 4.74 Å². The van der Waals surface area contributed by atoms with Gasteiger partial charge < -0.3 is 20.5 Å². The molecule has 1 aromatic carbocycles. The van der Waals surface area contributed by atoms with Crippen molar-refractivity contribution in [1.29, 1.82) is 0 Å². The number of thioether (sulfide) groups is 1. The van der Waals surface area contributed by atoms with Crippen molar-refractivity contribution in [3.05, 3.63) is 35.4 Å². The van der Waals surface area contributed by atoms with Gasteiger partial charge in [-0.15, -0.1) is 0 Å². The number of nitrogens with zero attached hydrogens (tertiary/aromatic N) is 1. The highest BCUT2D eigenvalue weighted by atomic mass is 32.2. The predicted molar refractivity (Wildman–Crippen MR) is 113 cm³/mol. The molecular weight excluding hydrogens is 358 g/mol. The first kappa shape index (κ1) is 20.5. The van der Waals surface area contributed by atoms with Gasteiger partial charge in [-0.3, -0.25) is 4.99 Å². The van der Waals surface area contributed by atoms with Gasteiger partial charge in [-0.2, -0.15) is 11.8 Å². The molecule has 0 spiro atoms. The van der Waals surface area contributed by atoms with Crippen LogP contribution in [0.3, 0.4) is 0 Å². The van der Waals surface area contributed by atoms with Crippen LogP contribution in [0.15, 0.2) is 29.3 Å². The number of guanidine groups is 1. The Labute approximate surface area is 167 Å². The Kier molecular flexibility index (Phi) is 7.44. The molecule has 3 atom stereocenters. The van der Waals surface area contributed by atoms with Crippen LogP contribution in [0.5, 0.6) is 0 Å². The van der Waals surface area contributed by atoms with Gasteiger partial charge in [0.05, 0.1) is 18.2 Å². The highest BCUT2D eigenvalue weighted by Crippen LogP contribution is 2.33. The third-order valence-corrected chi connectivity index (χ3v) is 6.57. The molecule has 6 heteroatoms. The minimum Gasteiger partial charge on any atom is -0.387 e. The fourth-order valence-corrected chi connectivity index (χ4v) is 4.98. The molecule has 0 saturated carbocycles. The number of aliphatic imine (C=N–C) groups is 1. The Balaban J connectivity index is 1.61. The Morgan fingerprint density at radius 1 is 1.33 bits per heavy atom. The van der Waals surface area contributed by atoms with Crippen molar-refractivity contribution in [3.8, 4) is 0 Å². The van der Waals surface area contributed by atoms with Crippen LogP contribution in [0.2, 0.25) is 0 Å². The highest BCUT2D eigenvalue weighted by Gasteiger charge is 2.32. The number of ether oxygens (including phenoxy) is 1. The summed E-state index contributed by atoms with van der Waals surface area (Å²) in [7, 11) is 0. The van der Waals surface area contributed by atoms with E-state index in [1.165, 1.54) is 11.1 Å². The Morgan fingerprint density at radius 3 is 2.85 bits per heavy atom. The van der Waals surface area contributed by atoms with E-state index in [4.69, 9.17) is 4.74 Å². The normalized spacial score (nSPS) is 28.9. The first-order valence-electron chi connectivity index (χ1n) is 10.1. The van der Waals surface area contributed by atoms with Crippen molar-refractivity contribution in [2.24, 2.45) is 10.9 Å². The zero-order chi connectivity index (χ0) is 19.1. The van der Waals surface area contributed by atoms with E-state index in [2.05, 4.69) is 53.7 Å². The predicted octanol–water partition coefficient (Wildman–Crippen LogP) is 2.89. The summed E-state index contributed by atoms with van der Waals surface area (Å²) in [5.74, 6) is 3.00. The smallest absolute Gasteiger partial charge is 0.191 e. The number of hydrogen-bond donors (Lipinski definition) is 3. The number of nitrogens with one attached hydrogen (secondary N) is 2. The minimum absolute atomic E-state index is 0.130. The first-order chi connectivity index (χ1) is 13.1. The van der Waals surface area contributed by atoms with Crippen LogP contribution in [0.25, 0.3) is 0 Å². The summed E-state index contributed by atoms with van der Waals surface area (Å²) in [6.07, 6.45) is 3.20.